The van der Waals surface area contributed by atoms with Gasteiger partial charge in [0, 0.05) is 16.1 Å². The minimum absolute atomic E-state index is 0.113. The Balaban J connectivity index is 2.19. The van der Waals surface area contributed by atoms with Gasteiger partial charge in [0.05, 0.1) is 7.11 Å². The molecule has 1 atom stereocenters. The number of aryl methyl sites for hydroxylation is 1. The Morgan fingerprint density at radius 2 is 1.90 bits per heavy atom. The van der Waals surface area contributed by atoms with Crippen molar-refractivity contribution in [3.63, 3.8) is 0 Å². The lowest BCUT2D eigenvalue weighted by molar-refractivity contribution is 0.411. The van der Waals surface area contributed by atoms with E-state index < -0.39 is 0 Å². The molecule has 0 spiro atoms. The Labute approximate surface area is 129 Å². The highest BCUT2D eigenvalue weighted by Crippen LogP contribution is 2.27. The molecule has 0 aliphatic heterocycles. The molecule has 20 heavy (non-hydrogen) atoms. The monoisotopic (exact) mass is 309 g/mol. The molecule has 2 N–H and O–H groups in total. The van der Waals surface area contributed by atoms with Crippen LogP contribution >= 0.6 is 23.2 Å². The quantitative estimate of drug-likeness (QED) is 0.899. The predicted molar refractivity (Wildman–Crippen MR) is 84.8 cm³/mol. The maximum absolute atomic E-state index is 6.26. The summed E-state index contributed by atoms with van der Waals surface area (Å²) < 4.78 is 5.25. The zero-order chi connectivity index (χ0) is 14.7. The van der Waals surface area contributed by atoms with Gasteiger partial charge in [-0.3, -0.25) is 0 Å². The summed E-state index contributed by atoms with van der Waals surface area (Å²) in [6.07, 6.45) is 0.668. The van der Waals surface area contributed by atoms with Crippen LogP contribution in [0.25, 0.3) is 0 Å². The first-order chi connectivity index (χ1) is 9.51. The van der Waals surface area contributed by atoms with Gasteiger partial charge < -0.3 is 10.5 Å². The third kappa shape index (κ3) is 3.45. The second-order valence-corrected chi connectivity index (χ2v) is 5.62. The molecule has 0 saturated carbocycles. The van der Waals surface area contributed by atoms with Crippen LogP contribution in [-0.4, -0.2) is 7.11 Å². The highest BCUT2D eigenvalue weighted by atomic mass is 35.5. The van der Waals surface area contributed by atoms with E-state index in [-0.39, 0.29) is 6.04 Å². The average Bonchev–Trinajstić information content (AvgIpc) is 2.41. The maximum Gasteiger partial charge on any atom is 0.121 e. The second-order valence-electron chi connectivity index (χ2n) is 4.78. The lowest BCUT2D eigenvalue weighted by atomic mass is 9.98. The summed E-state index contributed by atoms with van der Waals surface area (Å²) in [5, 5.41) is 1.28. The molecule has 0 aliphatic carbocycles. The molecule has 1 unspecified atom stereocenters. The fraction of sp³-hybridized carbons (Fsp3) is 0.250. The number of methoxy groups -OCH3 is 1. The van der Waals surface area contributed by atoms with Gasteiger partial charge in [-0.05, 0) is 48.2 Å². The first-order valence-electron chi connectivity index (χ1n) is 6.35. The molecular formula is C16H17Cl2NO. The topological polar surface area (TPSA) is 35.2 Å². The third-order valence-corrected chi connectivity index (χ3v) is 3.89. The van der Waals surface area contributed by atoms with Crippen molar-refractivity contribution >= 4 is 23.2 Å². The van der Waals surface area contributed by atoms with Gasteiger partial charge in [-0.25, -0.2) is 0 Å². The van der Waals surface area contributed by atoms with Crippen molar-refractivity contribution < 1.29 is 4.74 Å². The zero-order valence-corrected chi connectivity index (χ0v) is 13.0. The molecule has 0 saturated heterocycles. The molecule has 0 radical (unpaired) electrons. The molecule has 0 bridgehead atoms. The van der Waals surface area contributed by atoms with Gasteiger partial charge in [0.15, 0.2) is 0 Å². The number of ether oxygens (including phenoxy) is 1. The number of halogens is 2. The Hall–Kier alpha value is -1.22. The normalized spacial score (nSPS) is 12.2. The third-order valence-electron chi connectivity index (χ3n) is 3.30. The molecule has 0 fully saturated rings. The van der Waals surface area contributed by atoms with Crippen molar-refractivity contribution in [2.75, 3.05) is 7.11 Å². The molecule has 0 aromatic heterocycles. The Kier molecular flexibility index (Phi) is 4.92. The molecule has 4 heteroatoms. The first-order valence-corrected chi connectivity index (χ1v) is 7.11. The molecule has 0 amide bonds. The van der Waals surface area contributed by atoms with Gasteiger partial charge >= 0.3 is 0 Å². The van der Waals surface area contributed by atoms with E-state index in [1.165, 1.54) is 0 Å². The number of rotatable bonds is 4. The van der Waals surface area contributed by atoms with Crippen LogP contribution in [0.5, 0.6) is 5.75 Å². The molecular weight excluding hydrogens is 293 g/mol. The van der Waals surface area contributed by atoms with Gasteiger partial charge in [-0.15, -0.1) is 0 Å². The van der Waals surface area contributed by atoms with Crippen molar-refractivity contribution in [2.24, 2.45) is 5.73 Å². The molecule has 106 valence electrons. The van der Waals surface area contributed by atoms with Gasteiger partial charge in [-0.1, -0.05) is 41.4 Å². The van der Waals surface area contributed by atoms with E-state index in [2.05, 4.69) is 0 Å². The maximum atomic E-state index is 6.26. The van der Waals surface area contributed by atoms with Crippen LogP contribution in [0.3, 0.4) is 0 Å². The van der Waals surface area contributed by atoms with Crippen molar-refractivity contribution in [3.05, 3.63) is 63.1 Å². The number of nitrogens with two attached hydrogens (primary N) is 1. The van der Waals surface area contributed by atoms with Crippen molar-refractivity contribution in [2.45, 2.75) is 19.4 Å². The highest BCUT2D eigenvalue weighted by Gasteiger charge is 2.11. The van der Waals surface area contributed by atoms with E-state index in [1.807, 2.05) is 37.3 Å². The lowest BCUT2D eigenvalue weighted by Crippen LogP contribution is -2.13. The van der Waals surface area contributed by atoms with Gasteiger partial charge in [0.1, 0.15) is 5.75 Å². The van der Waals surface area contributed by atoms with Crippen LogP contribution in [0.2, 0.25) is 10.0 Å². The summed E-state index contributed by atoms with van der Waals surface area (Å²) in [6, 6.07) is 11.3. The van der Waals surface area contributed by atoms with Crippen LogP contribution < -0.4 is 10.5 Å². The average molecular weight is 310 g/mol. The summed E-state index contributed by atoms with van der Waals surface area (Å²) >= 11 is 12.1. The van der Waals surface area contributed by atoms with E-state index in [4.69, 9.17) is 33.7 Å². The van der Waals surface area contributed by atoms with Crippen molar-refractivity contribution in [3.8, 4) is 5.75 Å². The Morgan fingerprint density at radius 1 is 1.15 bits per heavy atom. The number of hydrogen-bond acceptors (Lipinski definition) is 2. The molecule has 2 rings (SSSR count). The largest absolute Gasteiger partial charge is 0.496 e. The summed E-state index contributed by atoms with van der Waals surface area (Å²) in [6.45, 7) is 2.00. The first kappa shape index (κ1) is 15.2. The minimum atomic E-state index is -0.113. The standard InChI is InChI=1S/C16H17Cl2NO/c1-10-7-12(4-6-16(10)20-2)15(19)8-11-3-5-13(17)9-14(11)18/h3-7,9,15H,8,19H2,1-2H3. The molecule has 0 aliphatic rings. The van der Waals surface area contributed by atoms with E-state index in [1.54, 1.807) is 13.2 Å². The van der Waals surface area contributed by atoms with Crippen LogP contribution in [0, 0.1) is 6.92 Å². The summed E-state index contributed by atoms with van der Waals surface area (Å²) in [7, 11) is 1.66. The molecule has 2 aromatic carbocycles. The summed E-state index contributed by atoms with van der Waals surface area (Å²) in [5.74, 6) is 0.866. The smallest absolute Gasteiger partial charge is 0.121 e. The molecule has 2 nitrogen and oxygen atoms in total. The fourth-order valence-electron chi connectivity index (χ4n) is 2.17. The number of hydrogen-bond donors (Lipinski definition) is 1. The predicted octanol–water partition coefficient (Wildman–Crippen LogP) is 4.55. The van der Waals surface area contributed by atoms with E-state index in [0.29, 0.717) is 16.5 Å². The summed E-state index contributed by atoms with van der Waals surface area (Å²) in [5.41, 5.74) is 9.40. The van der Waals surface area contributed by atoms with Gasteiger partial charge in [-0.2, -0.15) is 0 Å². The molecule has 2 aromatic rings. The van der Waals surface area contributed by atoms with Crippen LogP contribution in [0.4, 0.5) is 0 Å². The fourth-order valence-corrected chi connectivity index (χ4v) is 2.66. The van der Waals surface area contributed by atoms with Crippen LogP contribution in [0.15, 0.2) is 36.4 Å². The van der Waals surface area contributed by atoms with Crippen molar-refractivity contribution in [1.82, 2.24) is 0 Å². The SMILES string of the molecule is COc1ccc(C(N)Cc2ccc(Cl)cc2Cl)cc1C. The minimum Gasteiger partial charge on any atom is -0.496 e. The van der Waals surface area contributed by atoms with Gasteiger partial charge in [0.2, 0.25) is 0 Å². The Bertz CT molecular complexity index is 613. The van der Waals surface area contributed by atoms with Crippen LogP contribution in [-0.2, 0) is 6.42 Å². The van der Waals surface area contributed by atoms with E-state index in [9.17, 15) is 0 Å². The lowest BCUT2D eigenvalue weighted by Gasteiger charge is -2.15. The number of benzene rings is 2. The van der Waals surface area contributed by atoms with Crippen molar-refractivity contribution in [1.29, 1.82) is 0 Å². The highest BCUT2D eigenvalue weighted by molar-refractivity contribution is 6.35. The zero-order valence-electron chi connectivity index (χ0n) is 11.5. The second kappa shape index (κ2) is 6.49. The van der Waals surface area contributed by atoms with E-state index in [0.717, 1.165) is 22.4 Å². The van der Waals surface area contributed by atoms with E-state index >= 15 is 0 Å². The Morgan fingerprint density at radius 3 is 2.50 bits per heavy atom. The van der Waals surface area contributed by atoms with Crippen LogP contribution in [0.1, 0.15) is 22.7 Å². The summed E-state index contributed by atoms with van der Waals surface area (Å²) in [4.78, 5) is 0. The molecule has 0 heterocycles. The van der Waals surface area contributed by atoms with Gasteiger partial charge in [0.25, 0.3) is 0 Å².